The van der Waals surface area contributed by atoms with Gasteiger partial charge >= 0.3 is 0 Å². The molecule has 0 aliphatic carbocycles. The van der Waals surface area contributed by atoms with Crippen molar-refractivity contribution >= 4 is 35.2 Å². The van der Waals surface area contributed by atoms with Crippen molar-refractivity contribution in [3.63, 3.8) is 0 Å². The standard InChI is InChI=1S/C15H14FN5O2S/c16-10-1-3-11(4-2-10)21-8-9(7-12(21)22)13(23)17-14-18-19-15-20(14)5-6-24-15/h1-4,9H,5-8H2,(H,17,18,23)/t9-/m1/s1. The molecule has 0 radical (unpaired) electrons. The molecule has 24 heavy (non-hydrogen) atoms. The molecule has 1 atom stereocenters. The lowest BCUT2D eigenvalue weighted by atomic mass is 10.1. The number of carbonyl (C=O) groups excluding carboxylic acids is 2. The van der Waals surface area contributed by atoms with E-state index in [1.165, 1.54) is 29.2 Å². The smallest absolute Gasteiger partial charge is 0.232 e. The van der Waals surface area contributed by atoms with Gasteiger partial charge in [0.15, 0.2) is 5.16 Å². The third kappa shape index (κ3) is 2.64. The molecular weight excluding hydrogens is 333 g/mol. The summed E-state index contributed by atoms with van der Waals surface area (Å²) in [5.74, 6) is 0.105. The van der Waals surface area contributed by atoms with Gasteiger partial charge in [-0.1, -0.05) is 11.8 Å². The fourth-order valence-corrected chi connectivity index (χ4v) is 3.77. The second-order valence-electron chi connectivity index (χ2n) is 5.68. The van der Waals surface area contributed by atoms with Crippen LogP contribution in [-0.2, 0) is 16.1 Å². The van der Waals surface area contributed by atoms with E-state index in [1.54, 1.807) is 11.8 Å². The molecule has 2 aliphatic heterocycles. The molecule has 1 aromatic heterocycles. The molecule has 4 rings (SSSR count). The number of halogens is 1. The number of aromatic nitrogens is 3. The number of carbonyl (C=O) groups is 2. The minimum atomic E-state index is -0.468. The van der Waals surface area contributed by atoms with E-state index in [0.717, 1.165) is 17.5 Å². The van der Waals surface area contributed by atoms with Gasteiger partial charge in [-0.05, 0) is 24.3 Å². The molecule has 9 heteroatoms. The van der Waals surface area contributed by atoms with Crippen LogP contribution >= 0.6 is 11.8 Å². The molecule has 2 amide bonds. The maximum absolute atomic E-state index is 13.0. The molecule has 1 fully saturated rings. The average molecular weight is 347 g/mol. The monoisotopic (exact) mass is 347 g/mol. The summed E-state index contributed by atoms with van der Waals surface area (Å²) in [5, 5.41) is 11.5. The number of rotatable bonds is 3. The minimum Gasteiger partial charge on any atom is -0.312 e. The SMILES string of the molecule is O=C(Nc1nnc2n1CCS2)[C@@H]1CC(=O)N(c2ccc(F)cc2)C1. The number of thioether (sulfide) groups is 1. The Morgan fingerprint density at radius 3 is 2.88 bits per heavy atom. The first-order valence-electron chi connectivity index (χ1n) is 7.54. The fraction of sp³-hybridized carbons (Fsp3) is 0.333. The third-order valence-electron chi connectivity index (χ3n) is 4.13. The van der Waals surface area contributed by atoms with Crippen LogP contribution in [0.4, 0.5) is 16.0 Å². The van der Waals surface area contributed by atoms with Gasteiger partial charge in [0.1, 0.15) is 5.82 Å². The number of anilines is 2. The molecule has 1 aromatic carbocycles. The molecule has 7 nitrogen and oxygen atoms in total. The normalized spacial score (nSPS) is 19.6. The number of hydrogen-bond donors (Lipinski definition) is 1. The lowest BCUT2D eigenvalue weighted by Crippen LogP contribution is -2.28. The van der Waals surface area contributed by atoms with Crippen LogP contribution in [0.15, 0.2) is 29.4 Å². The number of amides is 2. The number of nitrogens with one attached hydrogen (secondary N) is 1. The summed E-state index contributed by atoms with van der Waals surface area (Å²) in [7, 11) is 0. The Morgan fingerprint density at radius 1 is 1.29 bits per heavy atom. The van der Waals surface area contributed by atoms with E-state index in [4.69, 9.17) is 0 Å². The van der Waals surface area contributed by atoms with Crippen molar-refractivity contribution in [1.29, 1.82) is 0 Å². The zero-order chi connectivity index (χ0) is 16.7. The van der Waals surface area contributed by atoms with Gasteiger partial charge in [-0.15, -0.1) is 10.2 Å². The van der Waals surface area contributed by atoms with Gasteiger partial charge in [0.05, 0.1) is 5.92 Å². The fourth-order valence-electron chi connectivity index (χ4n) is 2.88. The first kappa shape index (κ1) is 15.1. The van der Waals surface area contributed by atoms with E-state index in [0.29, 0.717) is 11.6 Å². The van der Waals surface area contributed by atoms with E-state index >= 15 is 0 Å². The molecule has 0 bridgehead atoms. The summed E-state index contributed by atoms with van der Waals surface area (Å²) < 4.78 is 14.9. The first-order valence-corrected chi connectivity index (χ1v) is 8.53. The van der Waals surface area contributed by atoms with E-state index < -0.39 is 5.92 Å². The maximum atomic E-state index is 13.0. The van der Waals surface area contributed by atoms with Gasteiger partial charge in [-0.25, -0.2) is 4.39 Å². The van der Waals surface area contributed by atoms with Crippen molar-refractivity contribution in [1.82, 2.24) is 14.8 Å². The zero-order valence-corrected chi connectivity index (χ0v) is 13.4. The van der Waals surface area contributed by atoms with Crippen molar-refractivity contribution in [2.45, 2.75) is 18.1 Å². The van der Waals surface area contributed by atoms with Crippen LogP contribution in [0.5, 0.6) is 0 Å². The predicted molar refractivity (Wildman–Crippen MR) is 86.2 cm³/mol. The Kier molecular flexibility index (Phi) is 3.72. The minimum absolute atomic E-state index is 0.124. The molecular formula is C15H14FN5O2S. The highest BCUT2D eigenvalue weighted by atomic mass is 32.2. The quantitative estimate of drug-likeness (QED) is 0.910. The highest BCUT2D eigenvalue weighted by molar-refractivity contribution is 7.99. The van der Waals surface area contributed by atoms with Crippen LogP contribution < -0.4 is 10.2 Å². The lowest BCUT2D eigenvalue weighted by Gasteiger charge is -2.16. The van der Waals surface area contributed by atoms with Crippen LogP contribution in [-0.4, -0.2) is 38.9 Å². The zero-order valence-electron chi connectivity index (χ0n) is 12.6. The van der Waals surface area contributed by atoms with Crippen LogP contribution in [0.25, 0.3) is 0 Å². The van der Waals surface area contributed by atoms with E-state index in [2.05, 4.69) is 15.5 Å². The number of nitrogens with zero attached hydrogens (tertiary/aromatic N) is 4. The summed E-state index contributed by atoms with van der Waals surface area (Å²) in [5.41, 5.74) is 0.594. The van der Waals surface area contributed by atoms with Crippen molar-refractivity contribution in [3.8, 4) is 0 Å². The summed E-state index contributed by atoms with van der Waals surface area (Å²) >= 11 is 1.59. The molecule has 0 saturated carbocycles. The summed E-state index contributed by atoms with van der Waals surface area (Å²) in [6.07, 6.45) is 0.124. The van der Waals surface area contributed by atoms with Gasteiger partial charge in [0.2, 0.25) is 17.8 Å². The Morgan fingerprint density at radius 2 is 2.08 bits per heavy atom. The highest BCUT2D eigenvalue weighted by Gasteiger charge is 2.36. The van der Waals surface area contributed by atoms with Gasteiger partial charge in [-0.3, -0.25) is 19.5 Å². The molecule has 124 valence electrons. The summed E-state index contributed by atoms with van der Waals surface area (Å²) in [6.45, 7) is 1.03. The van der Waals surface area contributed by atoms with Gasteiger partial charge in [0, 0.05) is 31.0 Å². The topological polar surface area (TPSA) is 80.1 Å². The largest absolute Gasteiger partial charge is 0.312 e. The van der Waals surface area contributed by atoms with E-state index in [9.17, 15) is 14.0 Å². The van der Waals surface area contributed by atoms with Crippen LogP contribution in [0, 0.1) is 11.7 Å². The van der Waals surface area contributed by atoms with Crippen molar-refractivity contribution in [2.24, 2.45) is 5.92 Å². The lowest BCUT2D eigenvalue weighted by molar-refractivity contribution is -0.122. The molecule has 0 spiro atoms. The van der Waals surface area contributed by atoms with E-state index in [1.807, 2.05) is 4.57 Å². The Hall–Kier alpha value is -2.42. The van der Waals surface area contributed by atoms with Crippen LogP contribution in [0.2, 0.25) is 0 Å². The molecule has 2 aliphatic rings. The molecule has 0 unspecified atom stereocenters. The van der Waals surface area contributed by atoms with Gasteiger partial charge < -0.3 is 4.90 Å². The van der Waals surface area contributed by atoms with Gasteiger partial charge in [0.25, 0.3) is 0 Å². The molecule has 2 aromatic rings. The van der Waals surface area contributed by atoms with Crippen molar-refractivity contribution in [2.75, 3.05) is 22.5 Å². The summed E-state index contributed by atoms with van der Waals surface area (Å²) in [6, 6.07) is 5.67. The molecule has 1 N–H and O–H groups in total. The average Bonchev–Trinajstić information content (AvgIpc) is 3.25. The second-order valence-corrected chi connectivity index (χ2v) is 6.74. The van der Waals surface area contributed by atoms with Crippen LogP contribution in [0.3, 0.4) is 0 Å². The summed E-state index contributed by atoms with van der Waals surface area (Å²) in [4.78, 5) is 26.1. The Balaban J connectivity index is 1.46. The number of benzene rings is 1. The number of fused-ring (bicyclic) bond motifs is 1. The molecule has 3 heterocycles. The maximum Gasteiger partial charge on any atom is 0.232 e. The second kappa shape index (κ2) is 5.90. The van der Waals surface area contributed by atoms with Crippen molar-refractivity contribution < 1.29 is 14.0 Å². The Bertz CT molecular complexity index is 807. The Labute approximate surface area is 141 Å². The van der Waals surface area contributed by atoms with Crippen LogP contribution in [0.1, 0.15) is 6.42 Å². The molecule has 1 saturated heterocycles. The first-order chi connectivity index (χ1) is 11.6. The van der Waals surface area contributed by atoms with Crippen molar-refractivity contribution in [3.05, 3.63) is 30.1 Å². The highest BCUT2D eigenvalue weighted by Crippen LogP contribution is 2.28. The number of hydrogen-bond acceptors (Lipinski definition) is 5. The van der Waals surface area contributed by atoms with E-state index in [-0.39, 0.29) is 30.6 Å². The van der Waals surface area contributed by atoms with Gasteiger partial charge in [-0.2, -0.15) is 0 Å². The predicted octanol–water partition coefficient (Wildman–Crippen LogP) is 1.51. The third-order valence-corrected chi connectivity index (χ3v) is 5.08.